The molecule has 5 fully saturated rings. The van der Waals surface area contributed by atoms with Crippen LogP contribution in [0.5, 0.6) is 0 Å². The molecule has 10 aromatic rings. The quantitative estimate of drug-likeness (QED) is 0.0807. The molecule has 102 heavy (non-hydrogen) atoms. The molecule has 12 heterocycles. The van der Waals surface area contributed by atoms with E-state index in [1.807, 2.05) is 75.2 Å². The van der Waals surface area contributed by atoms with Gasteiger partial charge in [0.05, 0.1) is 77.5 Å². The second kappa shape index (κ2) is 31.8. The monoisotopic (exact) mass is 1380 g/mol. The highest BCUT2D eigenvalue weighted by atomic mass is 19.1. The second-order valence-electron chi connectivity index (χ2n) is 28.1. The van der Waals surface area contributed by atoms with Gasteiger partial charge in [0.25, 0.3) is 11.5 Å². The van der Waals surface area contributed by atoms with Crippen molar-refractivity contribution in [3.05, 3.63) is 177 Å². The minimum atomic E-state index is -0.596. The van der Waals surface area contributed by atoms with E-state index in [0.29, 0.717) is 70.6 Å². The summed E-state index contributed by atoms with van der Waals surface area (Å²) >= 11 is 0. The van der Waals surface area contributed by atoms with Crippen LogP contribution in [0.4, 0.5) is 20.2 Å². The fraction of sp³-hybridized carbons (Fsp3) is 0.468. The third-order valence-corrected chi connectivity index (χ3v) is 20.5. The molecular weight excluding hydrogens is 1290 g/mol. The minimum absolute atomic E-state index is 0.0154. The number of likely N-dealkylation sites (N-methyl/N-ethyl adjacent to an activating group) is 1. The van der Waals surface area contributed by atoms with Crippen LogP contribution in [0.3, 0.4) is 0 Å². The number of benzene rings is 1. The maximum Gasteiger partial charge on any atom is 0.270 e. The molecule has 15 rings (SSSR count). The van der Waals surface area contributed by atoms with Crippen LogP contribution >= 0.6 is 0 Å². The largest absolute Gasteiger partial charge is 0.368 e. The van der Waals surface area contributed by atoms with E-state index in [2.05, 4.69) is 106 Å². The van der Waals surface area contributed by atoms with Gasteiger partial charge in [-0.05, 0) is 127 Å². The third-order valence-electron chi connectivity index (χ3n) is 20.5. The Morgan fingerprint density at radius 3 is 1.69 bits per heavy atom. The Hall–Kier alpha value is -9.43. The number of imidazole rings is 1. The number of piperazine rings is 3. The number of hydrogen-bond acceptors (Lipinski definition) is 19. The molecule has 5 aliphatic rings. The van der Waals surface area contributed by atoms with Crippen molar-refractivity contribution >= 4 is 56.2 Å². The molecule has 0 radical (unpaired) electrons. The van der Waals surface area contributed by atoms with Gasteiger partial charge in [-0.3, -0.25) is 34.2 Å². The van der Waals surface area contributed by atoms with Crippen molar-refractivity contribution in [2.75, 3.05) is 109 Å². The van der Waals surface area contributed by atoms with Gasteiger partial charge in [0, 0.05) is 158 Å². The summed E-state index contributed by atoms with van der Waals surface area (Å²) in [5, 5.41) is 7.66. The minimum Gasteiger partial charge on any atom is -0.368 e. The maximum atomic E-state index is 15.0. The lowest BCUT2D eigenvalue weighted by Gasteiger charge is -2.33. The molecule has 1 aromatic carbocycles. The SMILES string of the molecule is CC(=O)c1c(C)c2nc(Cc3ccc(N4CCNCC4)cn3)ncc2n(C2CCCC2)c1=O.CCN1CCN(Cc2ccc(Cc3ncc(F)c(-c4cc(F)c5nc(C)n(C(C)C)c5c4)n3)nc2)CC1.CN(C)C(=O)c1cc2cnc(Cc3ccc(N4CCNCC4)cn3)nc2n1C1CCCC1. The molecule has 0 atom stereocenters. The van der Waals surface area contributed by atoms with E-state index in [0.717, 1.165) is 193 Å². The Kier molecular flexibility index (Phi) is 22.2. The molecule has 0 spiro atoms. The number of aryl methyl sites for hydroxylation is 2. The van der Waals surface area contributed by atoms with E-state index < -0.39 is 11.6 Å². The van der Waals surface area contributed by atoms with Crippen molar-refractivity contribution in [1.82, 2.24) is 88.9 Å². The van der Waals surface area contributed by atoms with Gasteiger partial charge in [0.2, 0.25) is 0 Å². The first kappa shape index (κ1) is 71.0. The molecule has 1 amide bonds. The normalized spacial score (nSPS) is 16.5. The van der Waals surface area contributed by atoms with Crippen LogP contribution in [-0.4, -0.2) is 189 Å². The topological polar surface area (TPSA) is 235 Å². The summed E-state index contributed by atoms with van der Waals surface area (Å²) in [6.45, 7) is 25.6. The third kappa shape index (κ3) is 15.9. The van der Waals surface area contributed by atoms with Gasteiger partial charge in [-0.1, -0.05) is 38.7 Å². The van der Waals surface area contributed by atoms with Crippen molar-refractivity contribution in [2.45, 2.75) is 137 Å². The summed E-state index contributed by atoms with van der Waals surface area (Å²) in [5.74, 6) is 1.23. The summed E-state index contributed by atoms with van der Waals surface area (Å²) < 4.78 is 35.7. The zero-order valence-electron chi connectivity index (χ0n) is 60.1. The smallest absolute Gasteiger partial charge is 0.270 e. The van der Waals surface area contributed by atoms with Crippen LogP contribution < -0.4 is 26.0 Å². The van der Waals surface area contributed by atoms with Crippen LogP contribution in [0, 0.1) is 25.5 Å². The van der Waals surface area contributed by atoms with Gasteiger partial charge in [0.15, 0.2) is 17.4 Å². The van der Waals surface area contributed by atoms with Crippen LogP contribution in [0.2, 0.25) is 0 Å². The van der Waals surface area contributed by atoms with Crippen molar-refractivity contribution in [1.29, 1.82) is 0 Å². The molecular formula is C77H94F2N20O3. The lowest BCUT2D eigenvalue weighted by molar-refractivity contribution is 0.0815. The van der Waals surface area contributed by atoms with E-state index in [-0.39, 0.29) is 46.1 Å². The van der Waals surface area contributed by atoms with Gasteiger partial charge in [0.1, 0.15) is 45.8 Å². The van der Waals surface area contributed by atoms with Crippen LogP contribution in [0.1, 0.15) is 170 Å². The molecule has 23 nitrogen and oxygen atoms in total. The van der Waals surface area contributed by atoms with Gasteiger partial charge in [-0.25, -0.2) is 43.7 Å². The number of halogens is 2. The summed E-state index contributed by atoms with van der Waals surface area (Å²) in [4.78, 5) is 95.5. The number of nitrogens with one attached hydrogen (secondary N) is 2. The predicted octanol–water partition coefficient (Wildman–Crippen LogP) is 10.2. The van der Waals surface area contributed by atoms with E-state index in [9.17, 15) is 23.2 Å². The van der Waals surface area contributed by atoms with Crippen molar-refractivity contribution in [2.24, 2.45) is 0 Å². The number of fused-ring (bicyclic) bond motifs is 3. The number of ketones is 1. The number of nitrogens with zero attached hydrogens (tertiary/aromatic N) is 18. The molecule has 2 saturated carbocycles. The molecule has 2 N–H and O–H groups in total. The number of Topliss-reactive ketones (excluding diaryl/α,β-unsaturated/α-hetero) is 1. The Labute approximate surface area is 594 Å². The predicted molar refractivity (Wildman–Crippen MR) is 394 cm³/mol. The first-order chi connectivity index (χ1) is 49.4. The van der Waals surface area contributed by atoms with Crippen LogP contribution in [0.25, 0.3) is 44.4 Å². The lowest BCUT2D eigenvalue weighted by atomic mass is 10.0. The van der Waals surface area contributed by atoms with Gasteiger partial charge >= 0.3 is 0 Å². The average Bonchev–Trinajstić information content (AvgIpc) is 1.11. The summed E-state index contributed by atoms with van der Waals surface area (Å²) in [7, 11) is 3.59. The molecule has 0 unspecified atom stereocenters. The Morgan fingerprint density at radius 1 is 0.588 bits per heavy atom. The summed E-state index contributed by atoms with van der Waals surface area (Å²) in [6.07, 6.45) is 20.6. The maximum absolute atomic E-state index is 15.0. The number of aromatic nitrogens is 13. The standard InChI is InChI=1S/C28H33F2N7.C25H30N6O2.C24H31N7O/c1-5-35-8-10-36(11-9-35)17-20-6-7-22(31-15-20)14-26-32-16-24(30)27(34-26)21-12-23(29)28-25(13-21)37(18(2)3)19(4)33-28;1-16-23(17(2)32)25(33)31(19-5-3-4-6-19)21-15-28-22(29-24(16)21)13-18-7-8-20(14-27-18)30-11-9-26-10-12-30;1-29(2)24(32)21-13-17-15-27-22(28-23(17)31(21)19-5-3-4-6-19)14-18-7-8-20(16-26-18)30-11-9-25-10-12-30/h6-7,12-13,15-16,18H,5,8-11,14,17H2,1-4H3;7-8,14-15,19,26H,3-6,9-13H2,1-2H3;7-8,13,15-16,19,25H,3-6,9-12,14H2,1-2H3. The highest BCUT2D eigenvalue weighted by Gasteiger charge is 2.29. The zero-order valence-corrected chi connectivity index (χ0v) is 60.1. The molecule has 534 valence electrons. The molecule has 2 aliphatic carbocycles. The number of carbonyl (C=O) groups excluding carboxylic acids is 2. The number of carbonyl (C=O) groups is 2. The summed E-state index contributed by atoms with van der Waals surface area (Å²) in [6, 6.07) is 17.9. The van der Waals surface area contributed by atoms with Crippen LogP contribution in [-0.2, 0) is 25.8 Å². The highest BCUT2D eigenvalue weighted by Crippen LogP contribution is 2.36. The van der Waals surface area contributed by atoms with E-state index in [4.69, 9.17) is 9.97 Å². The molecule has 25 heteroatoms. The number of pyridine rings is 4. The second-order valence-corrected chi connectivity index (χ2v) is 28.1. The fourth-order valence-electron chi connectivity index (χ4n) is 15.1. The number of hydrogen-bond donors (Lipinski definition) is 2. The molecule has 9 aromatic heterocycles. The Balaban J connectivity index is 0.000000137. The van der Waals surface area contributed by atoms with E-state index in [1.54, 1.807) is 35.8 Å². The highest BCUT2D eigenvalue weighted by molar-refractivity contribution is 5.99. The van der Waals surface area contributed by atoms with E-state index >= 15 is 0 Å². The molecule has 0 bridgehead atoms. The molecule has 3 saturated heterocycles. The van der Waals surface area contributed by atoms with Crippen molar-refractivity contribution in [3.8, 4) is 11.3 Å². The van der Waals surface area contributed by atoms with Crippen molar-refractivity contribution < 1.29 is 18.4 Å². The van der Waals surface area contributed by atoms with Gasteiger partial charge in [-0.15, -0.1) is 0 Å². The Morgan fingerprint density at radius 2 is 1.14 bits per heavy atom. The zero-order chi connectivity index (χ0) is 71.1. The molecule has 3 aliphatic heterocycles. The van der Waals surface area contributed by atoms with Gasteiger partial charge < -0.3 is 43.9 Å². The van der Waals surface area contributed by atoms with Gasteiger partial charge in [-0.2, -0.15) is 0 Å². The number of rotatable bonds is 17. The van der Waals surface area contributed by atoms with Crippen LogP contribution in [0.15, 0.2) is 96.6 Å². The number of anilines is 2. The lowest BCUT2D eigenvalue weighted by Crippen LogP contribution is -2.45. The van der Waals surface area contributed by atoms with E-state index in [1.165, 1.54) is 25.8 Å². The number of amides is 1. The first-order valence-corrected chi connectivity index (χ1v) is 36.3. The Bertz CT molecular complexity index is 4660. The first-order valence-electron chi connectivity index (χ1n) is 36.3. The van der Waals surface area contributed by atoms with Crippen molar-refractivity contribution in [3.63, 3.8) is 0 Å². The fourth-order valence-corrected chi connectivity index (χ4v) is 15.1. The average molecular weight is 1390 g/mol. The summed E-state index contributed by atoms with van der Waals surface area (Å²) in [5.41, 5.74) is 11.1.